The smallest absolute Gasteiger partial charge is 1.00 e. The molecule has 0 unspecified atom stereocenters. The Kier molecular flexibility index (Phi) is 44.5. The molecule has 6 nitrogen and oxygen atoms in total. The maximum absolute atomic E-state index is 11.8. The van der Waals surface area contributed by atoms with Gasteiger partial charge in [0.25, 0.3) is 6.47 Å². The van der Waals surface area contributed by atoms with Gasteiger partial charge in [0.05, 0.1) is 26.1 Å². The second-order valence-corrected chi connectivity index (χ2v) is 10.8. The maximum Gasteiger partial charge on any atom is 1.00 e. The number of hydrogen-bond acceptors (Lipinski definition) is 5. The van der Waals surface area contributed by atoms with Gasteiger partial charge in [-0.2, -0.15) is 0 Å². The molecular weight excluding hydrogens is 515 g/mol. The van der Waals surface area contributed by atoms with Gasteiger partial charge in [-0.05, 0) is 12.8 Å². The third-order valence-corrected chi connectivity index (χ3v) is 7.06. The largest absolute Gasteiger partial charge is 1.00 e. The molecule has 0 fully saturated rings. The standard InChI is InChI=1S/C32H62O4.CH2O2.Na.H/c1-3-5-7-9-11-13-15-17-19-21-23-25-29-35-31(33)27-28-32(34)36-30-26-24-22-20-18-16-14-12-10-8-6-4-2;2-1-3;;/h3-30H2,1-2H3;1H,(H,2,3);;/q;;+1;-1. The van der Waals surface area contributed by atoms with Crippen LogP contribution in [0.15, 0.2) is 0 Å². The average Bonchev–Trinajstić information content (AvgIpc) is 2.93. The van der Waals surface area contributed by atoms with Gasteiger partial charge >= 0.3 is 41.5 Å². The van der Waals surface area contributed by atoms with E-state index in [0.717, 1.165) is 25.7 Å². The van der Waals surface area contributed by atoms with Crippen molar-refractivity contribution in [1.82, 2.24) is 0 Å². The minimum absolute atomic E-state index is 0. The van der Waals surface area contributed by atoms with Crippen molar-refractivity contribution >= 4 is 18.4 Å². The fourth-order valence-corrected chi connectivity index (χ4v) is 4.61. The number of hydrogen-bond donors (Lipinski definition) is 1. The summed E-state index contributed by atoms with van der Waals surface area (Å²) in [4.78, 5) is 32.0. The summed E-state index contributed by atoms with van der Waals surface area (Å²) in [5, 5.41) is 6.89. The van der Waals surface area contributed by atoms with E-state index in [1.165, 1.54) is 128 Å². The van der Waals surface area contributed by atoms with Crippen LogP contribution in [-0.2, 0) is 23.9 Å². The molecule has 1 N–H and O–H groups in total. The predicted octanol–water partition coefficient (Wildman–Crippen LogP) is 7.07. The molecule has 0 aliphatic heterocycles. The molecule has 0 rings (SSSR count). The van der Waals surface area contributed by atoms with Crippen molar-refractivity contribution in [2.75, 3.05) is 13.2 Å². The van der Waals surface area contributed by atoms with Gasteiger partial charge in [-0.3, -0.25) is 14.4 Å². The molecule has 0 aromatic heterocycles. The molecule has 0 bridgehead atoms. The zero-order chi connectivity index (χ0) is 29.1. The Hall–Kier alpha value is -0.590. The molecule has 0 aliphatic rings. The first kappa shape index (κ1) is 43.9. The van der Waals surface area contributed by atoms with E-state index in [9.17, 15) is 9.59 Å². The van der Waals surface area contributed by atoms with E-state index >= 15 is 0 Å². The molecule has 0 radical (unpaired) electrons. The van der Waals surface area contributed by atoms with Crippen molar-refractivity contribution in [3.8, 4) is 0 Å². The van der Waals surface area contributed by atoms with E-state index in [4.69, 9.17) is 19.4 Å². The Balaban J connectivity index is -0.00000130. The Morgan fingerprint density at radius 1 is 0.500 bits per heavy atom. The summed E-state index contributed by atoms with van der Waals surface area (Å²) in [7, 11) is 0. The van der Waals surface area contributed by atoms with E-state index in [1.807, 2.05) is 0 Å². The van der Waals surface area contributed by atoms with E-state index in [0.29, 0.717) is 13.2 Å². The van der Waals surface area contributed by atoms with Crippen molar-refractivity contribution in [3.63, 3.8) is 0 Å². The summed E-state index contributed by atoms with van der Waals surface area (Å²) < 4.78 is 10.5. The molecular formula is C33H65NaO6. The van der Waals surface area contributed by atoms with Gasteiger partial charge in [-0.25, -0.2) is 0 Å². The molecule has 0 heterocycles. The maximum atomic E-state index is 11.8. The monoisotopic (exact) mass is 580 g/mol. The molecule has 0 saturated carbocycles. The van der Waals surface area contributed by atoms with Gasteiger partial charge in [0.15, 0.2) is 0 Å². The summed E-state index contributed by atoms with van der Waals surface area (Å²) in [5.41, 5.74) is 0. The molecule has 234 valence electrons. The van der Waals surface area contributed by atoms with Crippen molar-refractivity contribution < 1.29 is 59.9 Å². The van der Waals surface area contributed by atoms with Crippen LogP contribution in [0.25, 0.3) is 0 Å². The molecule has 0 saturated heterocycles. The van der Waals surface area contributed by atoms with Crippen LogP contribution in [-0.4, -0.2) is 36.7 Å². The van der Waals surface area contributed by atoms with Gasteiger partial charge in [-0.1, -0.05) is 155 Å². The molecule has 0 amide bonds. The molecule has 0 atom stereocenters. The zero-order valence-corrected chi connectivity index (χ0v) is 28.9. The number of carboxylic acid groups (broad SMARTS) is 1. The second kappa shape index (κ2) is 40.5. The first-order valence-electron chi connectivity index (χ1n) is 16.5. The molecule has 0 aromatic rings. The number of esters is 2. The molecule has 0 spiro atoms. The first-order chi connectivity index (χ1) is 19.1. The summed E-state index contributed by atoms with van der Waals surface area (Å²) in [5.74, 6) is -0.555. The summed E-state index contributed by atoms with van der Waals surface area (Å²) in [6.45, 7) is 5.23. The van der Waals surface area contributed by atoms with Gasteiger partial charge in [-0.15, -0.1) is 0 Å². The minimum atomic E-state index is -0.277. The van der Waals surface area contributed by atoms with Crippen LogP contribution in [0.3, 0.4) is 0 Å². The molecule has 0 aliphatic carbocycles. The van der Waals surface area contributed by atoms with Crippen molar-refractivity contribution in [2.45, 2.75) is 181 Å². The third kappa shape index (κ3) is 41.9. The van der Waals surface area contributed by atoms with Crippen LogP contribution in [0.1, 0.15) is 182 Å². The van der Waals surface area contributed by atoms with Gasteiger partial charge < -0.3 is 16.0 Å². The van der Waals surface area contributed by atoms with E-state index in [1.54, 1.807) is 0 Å². The number of rotatable bonds is 29. The van der Waals surface area contributed by atoms with Crippen LogP contribution in [0.5, 0.6) is 0 Å². The van der Waals surface area contributed by atoms with Crippen molar-refractivity contribution in [1.29, 1.82) is 0 Å². The van der Waals surface area contributed by atoms with Gasteiger partial charge in [0.1, 0.15) is 0 Å². The fourth-order valence-electron chi connectivity index (χ4n) is 4.61. The SMILES string of the molecule is CCCCCCCCCCCCCCOC(=O)CCC(=O)OCCCCCCCCCCCCCC.O=CO.[H-].[Na+]. The van der Waals surface area contributed by atoms with Crippen LogP contribution < -0.4 is 29.6 Å². The quantitative estimate of drug-likeness (QED) is 0.0440. The zero-order valence-electron chi connectivity index (χ0n) is 27.9. The number of unbranched alkanes of at least 4 members (excludes halogenated alkanes) is 22. The van der Waals surface area contributed by atoms with Gasteiger partial charge in [0, 0.05) is 0 Å². The summed E-state index contributed by atoms with van der Waals surface area (Å²) >= 11 is 0. The van der Waals surface area contributed by atoms with Crippen molar-refractivity contribution in [2.24, 2.45) is 0 Å². The Morgan fingerprint density at radius 2 is 0.700 bits per heavy atom. The average molecular weight is 581 g/mol. The second-order valence-electron chi connectivity index (χ2n) is 10.8. The molecule has 0 aromatic carbocycles. The Morgan fingerprint density at radius 3 is 0.925 bits per heavy atom. The Bertz CT molecular complexity index is 480. The number of carbonyl (C=O) groups is 3. The van der Waals surface area contributed by atoms with E-state index in [2.05, 4.69) is 13.8 Å². The topological polar surface area (TPSA) is 89.9 Å². The molecule has 7 heteroatoms. The van der Waals surface area contributed by atoms with E-state index < -0.39 is 0 Å². The summed E-state index contributed by atoms with van der Waals surface area (Å²) in [6, 6.07) is 0. The number of carbonyl (C=O) groups excluding carboxylic acids is 2. The van der Waals surface area contributed by atoms with Crippen molar-refractivity contribution in [3.05, 3.63) is 0 Å². The number of ether oxygens (including phenoxy) is 2. The summed E-state index contributed by atoms with van der Waals surface area (Å²) in [6.07, 6.45) is 31.3. The van der Waals surface area contributed by atoms with E-state index in [-0.39, 0.29) is 62.2 Å². The normalized spacial score (nSPS) is 10.2. The third-order valence-electron chi connectivity index (χ3n) is 7.06. The van der Waals surface area contributed by atoms with Crippen LogP contribution in [0.2, 0.25) is 0 Å². The predicted molar refractivity (Wildman–Crippen MR) is 163 cm³/mol. The minimum Gasteiger partial charge on any atom is -1.00 e. The first-order valence-corrected chi connectivity index (χ1v) is 16.5. The molecule has 40 heavy (non-hydrogen) atoms. The van der Waals surface area contributed by atoms with Gasteiger partial charge in [0.2, 0.25) is 0 Å². The van der Waals surface area contributed by atoms with Crippen LogP contribution in [0.4, 0.5) is 0 Å². The Labute approximate surface area is 271 Å². The van der Waals surface area contributed by atoms with Crippen LogP contribution in [0, 0.1) is 0 Å². The fraction of sp³-hybridized carbons (Fsp3) is 0.909. The van der Waals surface area contributed by atoms with Crippen LogP contribution >= 0.6 is 0 Å².